The molecule has 0 aliphatic heterocycles. The Morgan fingerprint density at radius 2 is 1.88 bits per heavy atom. The minimum Gasteiger partial charge on any atom is -0.342 e. The molecule has 25 heavy (non-hydrogen) atoms. The summed E-state index contributed by atoms with van der Waals surface area (Å²) in [6, 6.07) is 11.1. The highest BCUT2D eigenvalue weighted by Crippen LogP contribution is 2.23. The van der Waals surface area contributed by atoms with E-state index in [1.807, 2.05) is 44.2 Å². The first-order chi connectivity index (χ1) is 12.0. The van der Waals surface area contributed by atoms with Gasteiger partial charge in [-0.05, 0) is 67.5 Å². The van der Waals surface area contributed by atoms with Gasteiger partial charge in [0.2, 0.25) is 0 Å². The maximum Gasteiger partial charge on any atom is 0.251 e. The Balaban J connectivity index is 1.83. The van der Waals surface area contributed by atoms with E-state index in [1.165, 1.54) is 24.3 Å². The summed E-state index contributed by atoms with van der Waals surface area (Å²) in [6.45, 7) is 4.01. The second-order valence-electron chi connectivity index (χ2n) is 6.00. The summed E-state index contributed by atoms with van der Waals surface area (Å²) in [5.41, 5.74) is 4.45. The average molecular weight is 334 g/mol. The van der Waals surface area contributed by atoms with Crippen molar-refractivity contribution in [1.82, 2.24) is 10.3 Å². The van der Waals surface area contributed by atoms with Crippen LogP contribution in [0.3, 0.4) is 0 Å². The van der Waals surface area contributed by atoms with E-state index in [4.69, 9.17) is 0 Å². The second kappa shape index (κ2) is 7.26. The van der Waals surface area contributed by atoms with Crippen LogP contribution in [0.2, 0.25) is 0 Å². The summed E-state index contributed by atoms with van der Waals surface area (Å²) in [5.74, 6) is -0.592. The minimum atomic E-state index is -0.359. The molecular weight excluding hydrogens is 315 g/mol. The molecule has 0 radical (unpaired) electrons. The first-order valence-electron chi connectivity index (χ1n) is 8.09. The van der Waals surface area contributed by atoms with Gasteiger partial charge in [0.05, 0.1) is 11.7 Å². The number of nitrogens with zero attached hydrogens (tertiary/aromatic N) is 1. The van der Waals surface area contributed by atoms with Gasteiger partial charge in [-0.25, -0.2) is 4.39 Å². The lowest BCUT2D eigenvalue weighted by Crippen LogP contribution is -2.34. The molecule has 1 atom stereocenters. The van der Waals surface area contributed by atoms with Crippen LogP contribution in [0.4, 0.5) is 4.39 Å². The fraction of sp³-hybridized carbons (Fsp3) is 0.143. The average Bonchev–Trinajstić information content (AvgIpc) is 2.77. The molecule has 0 spiro atoms. The topological polar surface area (TPSA) is 42.0 Å². The zero-order chi connectivity index (χ0) is 17.8. The molecule has 3 rings (SSSR count). The summed E-state index contributed by atoms with van der Waals surface area (Å²) >= 11 is 0. The fourth-order valence-electron chi connectivity index (χ4n) is 2.66. The molecule has 1 amide bonds. The van der Waals surface area contributed by atoms with Gasteiger partial charge in [0.25, 0.3) is 5.91 Å². The molecule has 4 heteroatoms. The van der Waals surface area contributed by atoms with Gasteiger partial charge in [0, 0.05) is 17.3 Å². The largest absolute Gasteiger partial charge is 0.342 e. The maximum absolute atomic E-state index is 13.0. The van der Waals surface area contributed by atoms with E-state index in [9.17, 15) is 9.18 Å². The van der Waals surface area contributed by atoms with E-state index >= 15 is 0 Å². The standard InChI is InChI=1S/C21H19FN2O/c1-14-13-17(20-5-3-4-12-23-20)8-11-19(15(14)2)24-21(25)16-6-9-18(22)10-7-16/h3-13,19H,1-2H3,(H,24,25). The third-order valence-corrected chi connectivity index (χ3v) is 4.28. The van der Waals surface area contributed by atoms with Gasteiger partial charge >= 0.3 is 0 Å². The molecule has 1 aromatic heterocycles. The number of allylic oxidation sites excluding steroid dienone is 4. The van der Waals surface area contributed by atoms with Gasteiger partial charge in [-0.2, -0.15) is 0 Å². The van der Waals surface area contributed by atoms with Crippen molar-refractivity contribution in [2.75, 3.05) is 0 Å². The van der Waals surface area contributed by atoms with Crippen molar-refractivity contribution in [3.63, 3.8) is 0 Å². The van der Waals surface area contributed by atoms with Crippen LogP contribution in [0.25, 0.3) is 5.57 Å². The third-order valence-electron chi connectivity index (χ3n) is 4.28. The molecule has 1 unspecified atom stereocenters. The number of hydrogen-bond acceptors (Lipinski definition) is 2. The first kappa shape index (κ1) is 16.8. The summed E-state index contributed by atoms with van der Waals surface area (Å²) in [7, 11) is 0. The highest BCUT2D eigenvalue weighted by Gasteiger charge is 2.17. The van der Waals surface area contributed by atoms with Crippen LogP contribution in [0, 0.1) is 5.82 Å². The van der Waals surface area contributed by atoms with Crippen LogP contribution in [-0.4, -0.2) is 16.9 Å². The summed E-state index contributed by atoms with van der Waals surface area (Å²) in [5, 5.41) is 2.99. The number of halogens is 1. The predicted molar refractivity (Wildman–Crippen MR) is 97.4 cm³/mol. The molecule has 0 bridgehead atoms. The van der Waals surface area contributed by atoms with Crippen molar-refractivity contribution >= 4 is 11.5 Å². The Bertz CT molecular complexity index is 865. The molecule has 1 heterocycles. The Morgan fingerprint density at radius 3 is 2.56 bits per heavy atom. The van der Waals surface area contributed by atoms with Gasteiger partial charge in [-0.15, -0.1) is 0 Å². The molecule has 2 aromatic rings. The second-order valence-corrected chi connectivity index (χ2v) is 6.00. The quantitative estimate of drug-likeness (QED) is 0.909. The Morgan fingerprint density at radius 1 is 1.12 bits per heavy atom. The van der Waals surface area contributed by atoms with E-state index in [-0.39, 0.29) is 17.8 Å². The maximum atomic E-state index is 13.0. The van der Waals surface area contributed by atoms with Gasteiger partial charge in [-0.1, -0.05) is 18.2 Å². The van der Waals surface area contributed by atoms with Gasteiger partial charge in [0.1, 0.15) is 5.82 Å². The zero-order valence-electron chi connectivity index (χ0n) is 14.2. The van der Waals surface area contributed by atoms with Crippen molar-refractivity contribution in [2.45, 2.75) is 19.9 Å². The predicted octanol–water partition coefficient (Wildman–Crippen LogP) is 4.31. The summed E-state index contributed by atoms with van der Waals surface area (Å²) < 4.78 is 13.0. The molecule has 0 saturated carbocycles. The van der Waals surface area contributed by atoms with Crippen molar-refractivity contribution in [2.24, 2.45) is 0 Å². The summed E-state index contributed by atoms with van der Waals surface area (Å²) in [6.07, 6.45) is 7.75. The number of amides is 1. The molecule has 1 aliphatic rings. The first-order valence-corrected chi connectivity index (χ1v) is 8.09. The highest BCUT2D eigenvalue weighted by molar-refractivity contribution is 5.94. The van der Waals surface area contributed by atoms with Crippen LogP contribution >= 0.6 is 0 Å². The molecule has 1 aromatic carbocycles. The molecule has 0 fully saturated rings. The van der Waals surface area contributed by atoms with E-state index < -0.39 is 0 Å². The lowest BCUT2D eigenvalue weighted by atomic mass is 10.0. The monoisotopic (exact) mass is 334 g/mol. The van der Waals surface area contributed by atoms with Gasteiger partial charge in [-0.3, -0.25) is 9.78 Å². The molecule has 126 valence electrons. The van der Waals surface area contributed by atoms with Crippen LogP contribution in [-0.2, 0) is 0 Å². The zero-order valence-corrected chi connectivity index (χ0v) is 14.2. The van der Waals surface area contributed by atoms with Crippen LogP contribution < -0.4 is 5.32 Å². The van der Waals surface area contributed by atoms with Crippen LogP contribution in [0.1, 0.15) is 29.9 Å². The number of aromatic nitrogens is 1. The van der Waals surface area contributed by atoms with Crippen molar-refractivity contribution in [3.8, 4) is 0 Å². The van der Waals surface area contributed by atoms with E-state index in [2.05, 4.69) is 16.4 Å². The molecule has 1 aliphatic carbocycles. The third kappa shape index (κ3) is 3.91. The molecule has 1 N–H and O–H groups in total. The SMILES string of the molecule is CC1=C(C)C(NC(=O)c2ccc(F)cc2)C=CC(c2ccccn2)=C1. The number of pyridine rings is 1. The normalized spacial score (nSPS) is 17.1. The van der Waals surface area contributed by atoms with E-state index in [0.29, 0.717) is 5.56 Å². The van der Waals surface area contributed by atoms with Crippen molar-refractivity contribution in [1.29, 1.82) is 0 Å². The Labute approximate surface area is 146 Å². The van der Waals surface area contributed by atoms with E-state index in [1.54, 1.807) is 6.20 Å². The number of carbonyl (C=O) groups is 1. The number of carbonyl (C=O) groups excluding carboxylic acids is 1. The van der Waals surface area contributed by atoms with Gasteiger partial charge in [0.15, 0.2) is 0 Å². The molecular formula is C21H19FN2O. The highest BCUT2D eigenvalue weighted by atomic mass is 19.1. The molecule has 3 nitrogen and oxygen atoms in total. The van der Waals surface area contributed by atoms with Crippen LogP contribution in [0.5, 0.6) is 0 Å². The molecule has 0 saturated heterocycles. The van der Waals surface area contributed by atoms with E-state index in [0.717, 1.165) is 22.4 Å². The number of rotatable bonds is 3. The number of hydrogen-bond donors (Lipinski definition) is 1. The lowest BCUT2D eigenvalue weighted by molar-refractivity contribution is 0.0948. The van der Waals surface area contributed by atoms with Crippen molar-refractivity contribution < 1.29 is 9.18 Å². The smallest absolute Gasteiger partial charge is 0.251 e. The van der Waals surface area contributed by atoms with Crippen molar-refractivity contribution in [3.05, 3.63) is 95.1 Å². The Kier molecular flexibility index (Phi) is 4.89. The Hall–Kier alpha value is -3.01. The number of benzene rings is 1. The van der Waals surface area contributed by atoms with Gasteiger partial charge < -0.3 is 5.32 Å². The minimum absolute atomic E-state index is 0.227. The van der Waals surface area contributed by atoms with Crippen LogP contribution in [0.15, 0.2) is 78.0 Å². The number of nitrogens with one attached hydrogen (secondary N) is 1. The fourth-order valence-corrected chi connectivity index (χ4v) is 2.66. The lowest BCUT2D eigenvalue weighted by Gasteiger charge is -2.17. The summed E-state index contributed by atoms with van der Waals surface area (Å²) in [4.78, 5) is 16.8.